The summed E-state index contributed by atoms with van der Waals surface area (Å²) in [5.74, 6) is 0.372. The molecular formula is C31H35N3O2S2. The smallest absolute Gasteiger partial charge is 0.243 e. The third-order valence-corrected chi connectivity index (χ3v) is 9.45. The third-order valence-electron chi connectivity index (χ3n) is 7.03. The number of carbonyl (C=O) groups is 2. The molecule has 38 heavy (non-hydrogen) atoms. The summed E-state index contributed by atoms with van der Waals surface area (Å²) < 4.78 is 0. The maximum atomic E-state index is 13.8. The first kappa shape index (κ1) is 27.9. The topological polar surface area (TPSA) is 82.0 Å². The number of anilines is 2. The zero-order valence-electron chi connectivity index (χ0n) is 22.5. The first-order chi connectivity index (χ1) is 18.2. The minimum absolute atomic E-state index is 0.0219. The first-order valence-corrected chi connectivity index (χ1v) is 14.9. The van der Waals surface area contributed by atoms with Crippen LogP contribution in [0.5, 0.6) is 0 Å². The van der Waals surface area contributed by atoms with Crippen molar-refractivity contribution in [3.63, 3.8) is 0 Å². The van der Waals surface area contributed by atoms with Crippen molar-refractivity contribution in [2.24, 2.45) is 11.3 Å². The third kappa shape index (κ3) is 6.67. The quantitative estimate of drug-likeness (QED) is 0.281. The van der Waals surface area contributed by atoms with Crippen molar-refractivity contribution in [1.29, 1.82) is 5.26 Å². The van der Waals surface area contributed by atoms with E-state index >= 15 is 0 Å². The van der Waals surface area contributed by atoms with E-state index in [4.69, 9.17) is 0 Å². The summed E-state index contributed by atoms with van der Waals surface area (Å²) in [7, 11) is 0. The number of thiophene rings is 1. The van der Waals surface area contributed by atoms with E-state index in [1.165, 1.54) is 16.6 Å². The SMILES string of the molecule is CCCC(=O)Nc1cccc(SC(C(=O)Nc2sc3c(c2C#N)CCC(C(C)(C)C)C3)c2ccccc2)c1. The zero-order valence-corrected chi connectivity index (χ0v) is 24.1. The molecule has 1 aromatic heterocycles. The van der Waals surface area contributed by atoms with Gasteiger partial charge in [0.2, 0.25) is 11.8 Å². The van der Waals surface area contributed by atoms with Gasteiger partial charge in [-0.1, -0.05) is 64.1 Å². The van der Waals surface area contributed by atoms with Gasteiger partial charge in [-0.2, -0.15) is 5.26 Å². The van der Waals surface area contributed by atoms with Crippen LogP contribution in [-0.2, 0) is 22.4 Å². The summed E-state index contributed by atoms with van der Waals surface area (Å²) >= 11 is 2.99. The Kier molecular flexibility index (Phi) is 8.96. The highest BCUT2D eigenvalue weighted by Gasteiger charge is 2.33. The molecule has 0 saturated heterocycles. The van der Waals surface area contributed by atoms with Crippen LogP contribution in [0.2, 0.25) is 0 Å². The summed E-state index contributed by atoms with van der Waals surface area (Å²) in [5.41, 5.74) is 3.52. The van der Waals surface area contributed by atoms with Gasteiger partial charge in [0.1, 0.15) is 16.3 Å². The number of carbonyl (C=O) groups excluding carboxylic acids is 2. The molecule has 1 aliphatic carbocycles. The average molecular weight is 546 g/mol. The maximum Gasteiger partial charge on any atom is 0.243 e. The Bertz CT molecular complexity index is 1340. The second-order valence-corrected chi connectivity index (χ2v) is 13.1. The van der Waals surface area contributed by atoms with Gasteiger partial charge in [-0.3, -0.25) is 9.59 Å². The monoisotopic (exact) mass is 545 g/mol. The van der Waals surface area contributed by atoms with E-state index in [0.29, 0.717) is 28.6 Å². The van der Waals surface area contributed by atoms with Crippen LogP contribution in [0.3, 0.4) is 0 Å². The Morgan fingerprint density at radius 3 is 2.58 bits per heavy atom. The Balaban J connectivity index is 1.59. The van der Waals surface area contributed by atoms with E-state index in [0.717, 1.165) is 41.7 Å². The number of hydrogen-bond donors (Lipinski definition) is 2. The largest absolute Gasteiger partial charge is 0.326 e. The fourth-order valence-corrected chi connectivity index (χ4v) is 7.21. The number of thioether (sulfide) groups is 1. The minimum Gasteiger partial charge on any atom is -0.326 e. The average Bonchev–Trinajstić information content (AvgIpc) is 3.23. The van der Waals surface area contributed by atoms with Gasteiger partial charge in [-0.25, -0.2) is 0 Å². The van der Waals surface area contributed by atoms with E-state index in [1.807, 2.05) is 61.5 Å². The fourth-order valence-electron chi connectivity index (χ4n) is 4.84. The van der Waals surface area contributed by atoms with Gasteiger partial charge in [0.25, 0.3) is 0 Å². The Morgan fingerprint density at radius 2 is 1.89 bits per heavy atom. The summed E-state index contributed by atoms with van der Waals surface area (Å²) in [6, 6.07) is 19.6. The standard InChI is InChI=1S/C31H35N3O2S2/c1-5-10-27(35)33-22-13-9-14-23(18-22)37-28(20-11-7-6-8-12-20)29(36)34-30-25(19-32)24-16-15-21(31(2,3)4)17-26(24)38-30/h6-9,11-14,18,21,28H,5,10,15-17H2,1-4H3,(H,33,35)(H,34,36). The van der Waals surface area contributed by atoms with Gasteiger partial charge < -0.3 is 10.6 Å². The van der Waals surface area contributed by atoms with Gasteiger partial charge in [-0.05, 0) is 66.3 Å². The van der Waals surface area contributed by atoms with Crippen LogP contribution < -0.4 is 10.6 Å². The molecule has 0 fully saturated rings. The van der Waals surface area contributed by atoms with Gasteiger partial charge in [0.15, 0.2) is 0 Å². The van der Waals surface area contributed by atoms with Crippen molar-refractivity contribution < 1.29 is 9.59 Å². The number of benzene rings is 2. The Morgan fingerprint density at radius 1 is 1.13 bits per heavy atom. The molecule has 5 nitrogen and oxygen atoms in total. The van der Waals surface area contributed by atoms with Crippen molar-refractivity contribution in [1.82, 2.24) is 0 Å². The number of rotatable bonds is 8. The number of hydrogen-bond acceptors (Lipinski definition) is 5. The molecule has 2 aromatic carbocycles. The highest BCUT2D eigenvalue weighted by Crippen LogP contribution is 2.45. The lowest BCUT2D eigenvalue weighted by molar-refractivity contribution is -0.116. The lowest BCUT2D eigenvalue weighted by Gasteiger charge is -2.33. The minimum atomic E-state index is -0.522. The summed E-state index contributed by atoms with van der Waals surface area (Å²) in [5, 5.41) is 16.2. The molecule has 1 heterocycles. The first-order valence-electron chi connectivity index (χ1n) is 13.2. The van der Waals surface area contributed by atoms with Gasteiger partial charge in [-0.15, -0.1) is 23.1 Å². The number of nitrogens with one attached hydrogen (secondary N) is 2. The van der Waals surface area contributed by atoms with E-state index in [-0.39, 0.29) is 17.2 Å². The predicted molar refractivity (Wildman–Crippen MR) is 158 cm³/mol. The predicted octanol–water partition coefficient (Wildman–Crippen LogP) is 7.98. The van der Waals surface area contributed by atoms with Crippen molar-refractivity contribution in [2.75, 3.05) is 10.6 Å². The van der Waals surface area contributed by atoms with Gasteiger partial charge in [0, 0.05) is 21.9 Å². The normalized spacial score (nSPS) is 15.7. The number of nitriles is 1. The molecule has 2 N–H and O–H groups in total. The maximum absolute atomic E-state index is 13.8. The van der Waals surface area contributed by atoms with Gasteiger partial charge >= 0.3 is 0 Å². The Hall–Kier alpha value is -3.08. The molecular weight excluding hydrogens is 510 g/mol. The number of nitrogens with zero attached hydrogens (tertiary/aromatic N) is 1. The molecule has 2 atom stereocenters. The van der Waals surface area contributed by atoms with Crippen molar-refractivity contribution in [2.45, 2.75) is 69.9 Å². The second-order valence-electron chi connectivity index (χ2n) is 10.8. The molecule has 3 aromatic rings. The second kappa shape index (κ2) is 12.2. The molecule has 0 spiro atoms. The number of fused-ring (bicyclic) bond motifs is 1. The molecule has 4 rings (SSSR count). The van der Waals surface area contributed by atoms with Crippen molar-refractivity contribution in [3.8, 4) is 6.07 Å². The number of amides is 2. The molecule has 0 saturated carbocycles. The summed E-state index contributed by atoms with van der Waals surface area (Å²) in [4.78, 5) is 28.0. The molecule has 2 unspecified atom stereocenters. The molecule has 7 heteroatoms. The Labute approximate surface area is 234 Å². The van der Waals surface area contributed by atoms with E-state index < -0.39 is 5.25 Å². The van der Waals surface area contributed by atoms with Crippen LogP contribution in [0.4, 0.5) is 10.7 Å². The van der Waals surface area contributed by atoms with Crippen molar-refractivity contribution >= 4 is 45.6 Å². The van der Waals surface area contributed by atoms with Crippen molar-refractivity contribution in [3.05, 3.63) is 76.2 Å². The van der Waals surface area contributed by atoms with Crippen LogP contribution in [0, 0.1) is 22.7 Å². The van der Waals surface area contributed by atoms with Crippen LogP contribution in [0.25, 0.3) is 0 Å². The molecule has 0 bridgehead atoms. The molecule has 0 radical (unpaired) electrons. The van der Waals surface area contributed by atoms with E-state index in [9.17, 15) is 14.9 Å². The van der Waals surface area contributed by atoms with Crippen LogP contribution >= 0.6 is 23.1 Å². The lowest BCUT2D eigenvalue weighted by Crippen LogP contribution is -2.26. The van der Waals surface area contributed by atoms with Gasteiger partial charge in [0.05, 0.1) is 5.56 Å². The zero-order chi connectivity index (χ0) is 27.3. The molecule has 198 valence electrons. The van der Waals surface area contributed by atoms with Crippen LogP contribution in [0.15, 0.2) is 59.5 Å². The van der Waals surface area contributed by atoms with E-state index in [2.05, 4.69) is 37.5 Å². The molecule has 0 aliphatic heterocycles. The molecule has 2 amide bonds. The van der Waals surface area contributed by atoms with Crippen LogP contribution in [-0.4, -0.2) is 11.8 Å². The summed E-state index contributed by atoms with van der Waals surface area (Å²) in [6.07, 6.45) is 4.13. The highest BCUT2D eigenvalue weighted by molar-refractivity contribution is 8.00. The highest BCUT2D eigenvalue weighted by atomic mass is 32.2. The summed E-state index contributed by atoms with van der Waals surface area (Å²) in [6.45, 7) is 8.79. The lowest BCUT2D eigenvalue weighted by atomic mass is 9.72. The molecule has 1 aliphatic rings. The van der Waals surface area contributed by atoms with E-state index in [1.54, 1.807) is 11.3 Å². The van der Waals surface area contributed by atoms with Crippen LogP contribution in [0.1, 0.15) is 73.8 Å². The fraction of sp³-hybridized carbons (Fsp3) is 0.387.